The van der Waals surface area contributed by atoms with Crippen LogP contribution in [0, 0.1) is 5.92 Å². The first-order valence-corrected chi connectivity index (χ1v) is 5.45. The molecule has 0 aliphatic rings. The van der Waals surface area contributed by atoms with Gasteiger partial charge in [0.05, 0.1) is 16.6 Å². The molecule has 1 aromatic carbocycles. The SMILES string of the molecule is CC(C)Cn1c(=O)[nH]c2cc(C(=O)O)ccc21. The molecule has 2 aromatic rings. The fourth-order valence-corrected chi connectivity index (χ4v) is 1.84. The monoisotopic (exact) mass is 234 g/mol. The Kier molecular flexibility index (Phi) is 2.75. The van der Waals surface area contributed by atoms with Crippen LogP contribution in [-0.4, -0.2) is 20.6 Å². The number of hydrogen-bond acceptors (Lipinski definition) is 2. The molecule has 0 fully saturated rings. The molecule has 2 N–H and O–H groups in total. The molecule has 2 rings (SSSR count). The third-order valence-electron chi connectivity index (χ3n) is 2.57. The topological polar surface area (TPSA) is 75.1 Å². The molecule has 17 heavy (non-hydrogen) atoms. The highest BCUT2D eigenvalue weighted by Crippen LogP contribution is 2.14. The Labute approximate surface area is 97.7 Å². The van der Waals surface area contributed by atoms with Crippen LogP contribution in [0.15, 0.2) is 23.0 Å². The van der Waals surface area contributed by atoms with Crippen molar-refractivity contribution < 1.29 is 9.90 Å². The maximum absolute atomic E-state index is 11.7. The predicted octanol–water partition coefficient (Wildman–Crippen LogP) is 1.68. The number of rotatable bonds is 3. The van der Waals surface area contributed by atoms with Gasteiger partial charge in [0.25, 0.3) is 0 Å². The van der Waals surface area contributed by atoms with Crippen molar-refractivity contribution in [3.8, 4) is 0 Å². The van der Waals surface area contributed by atoms with Gasteiger partial charge in [0, 0.05) is 6.54 Å². The van der Waals surface area contributed by atoms with E-state index in [0.29, 0.717) is 18.0 Å². The number of hydrogen-bond donors (Lipinski definition) is 2. The number of aromatic carboxylic acids is 1. The molecule has 90 valence electrons. The fourth-order valence-electron chi connectivity index (χ4n) is 1.84. The van der Waals surface area contributed by atoms with E-state index in [-0.39, 0.29) is 11.3 Å². The predicted molar refractivity (Wildman–Crippen MR) is 64.4 cm³/mol. The number of carbonyl (C=O) groups is 1. The molecule has 1 heterocycles. The minimum absolute atomic E-state index is 0.176. The number of imidazole rings is 1. The van der Waals surface area contributed by atoms with Crippen molar-refractivity contribution in [1.29, 1.82) is 0 Å². The summed E-state index contributed by atoms with van der Waals surface area (Å²) in [7, 11) is 0. The molecule has 0 bridgehead atoms. The van der Waals surface area contributed by atoms with Gasteiger partial charge >= 0.3 is 11.7 Å². The molecule has 0 unspecified atom stereocenters. The van der Waals surface area contributed by atoms with E-state index < -0.39 is 5.97 Å². The van der Waals surface area contributed by atoms with Crippen molar-refractivity contribution >= 4 is 17.0 Å². The summed E-state index contributed by atoms with van der Waals surface area (Å²) in [5.74, 6) is -0.643. The summed E-state index contributed by atoms with van der Waals surface area (Å²) < 4.78 is 1.63. The lowest BCUT2D eigenvalue weighted by molar-refractivity contribution is 0.0697. The van der Waals surface area contributed by atoms with Crippen LogP contribution >= 0.6 is 0 Å². The minimum Gasteiger partial charge on any atom is -0.478 e. The van der Waals surface area contributed by atoms with Crippen LogP contribution in [0.25, 0.3) is 11.0 Å². The van der Waals surface area contributed by atoms with Crippen LogP contribution in [0.3, 0.4) is 0 Å². The lowest BCUT2D eigenvalue weighted by Gasteiger charge is -2.06. The Bertz CT molecular complexity index is 622. The van der Waals surface area contributed by atoms with Crippen molar-refractivity contribution in [2.24, 2.45) is 5.92 Å². The van der Waals surface area contributed by atoms with Crippen molar-refractivity contribution in [3.63, 3.8) is 0 Å². The summed E-state index contributed by atoms with van der Waals surface area (Å²) >= 11 is 0. The molecule has 5 nitrogen and oxygen atoms in total. The van der Waals surface area contributed by atoms with Gasteiger partial charge < -0.3 is 10.1 Å². The largest absolute Gasteiger partial charge is 0.478 e. The maximum atomic E-state index is 11.7. The number of nitrogens with one attached hydrogen (secondary N) is 1. The summed E-state index contributed by atoms with van der Waals surface area (Å²) in [5, 5.41) is 8.87. The van der Waals surface area contributed by atoms with Crippen LogP contribution in [0.5, 0.6) is 0 Å². The van der Waals surface area contributed by atoms with E-state index in [4.69, 9.17) is 5.11 Å². The van der Waals surface area contributed by atoms with E-state index in [1.54, 1.807) is 10.6 Å². The number of benzene rings is 1. The smallest absolute Gasteiger partial charge is 0.335 e. The van der Waals surface area contributed by atoms with Crippen LogP contribution in [0.1, 0.15) is 24.2 Å². The van der Waals surface area contributed by atoms with E-state index in [2.05, 4.69) is 4.98 Å². The molecule has 0 saturated heterocycles. The summed E-state index contributed by atoms with van der Waals surface area (Å²) in [4.78, 5) is 25.2. The van der Waals surface area contributed by atoms with Crippen molar-refractivity contribution in [2.75, 3.05) is 0 Å². The third kappa shape index (κ3) is 2.08. The standard InChI is InChI=1S/C12H14N2O3/c1-7(2)6-14-10-4-3-8(11(15)16)5-9(10)13-12(14)17/h3-5,7H,6H2,1-2H3,(H,13,17)(H,15,16). The zero-order chi connectivity index (χ0) is 12.6. The number of nitrogens with zero attached hydrogens (tertiary/aromatic N) is 1. The van der Waals surface area contributed by atoms with Gasteiger partial charge in [-0.3, -0.25) is 4.57 Å². The van der Waals surface area contributed by atoms with Crippen molar-refractivity contribution in [2.45, 2.75) is 20.4 Å². The van der Waals surface area contributed by atoms with Crippen LogP contribution in [-0.2, 0) is 6.54 Å². The molecule has 0 spiro atoms. The molecule has 0 aliphatic carbocycles. The maximum Gasteiger partial charge on any atom is 0.335 e. The van der Waals surface area contributed by atoms with E-state index in [1.807, 2.05) is 13.8 Å². The molecule has 0 atom stereocenters. The van der Waals surface area contributed by atoms with Gasteiger partial charge in [-0.1, -0.05) is 13.8 Å². The van der Waals surface area contributed by atoms with Crippen LogP contribution in [0.2, 0.25) is 0 Å². The van der Waals surface area contributed by atoms with Crippen molar-refractivity contribution in [1.82, 2.24) is 9.55 Å². The lowest BCUT2D eigenvalue weighted by Crippen LogP contribution is -2.19. The average molecular weight is 234 g/mol. The normalized spacial score (nSPS) is 11.2. The zero-order valence-corrected chi connectivity index (χ0v) is 9.73. The molecular weight excluding hydrogens is 220 g/mol. The molecule has 0 saturated carbocycles. The minimum atomic E-state index is -0.996. The number of aromatic amines is 1. The van der Waals surface area contributed by atoms with E-state index in [9.17, 15) is 9.59 Å². The fraction of sp³-hybridized carbons (Fsp3) is 0.333. The summed E-state index contributed by atoms with van der Waals surface area (Å²) in [6, 6.07) is 4.66. The second kappa shape index (κ2) is 4.08. The first kappa shape index (κ1) is 11.4. The third-order valence-corrected chi connectivity index (χ3v) is 2.57. The molecule has 0 amide bonds. The molecular formula is C12H14N2O3. The quantitative estimate of drug-likeness (QED) is 0.848. The summed E-state index contributed by atoms with van der Waals surface area (Å²) in [5.41, 5.74) is 1.29. The summed E-state index contributed by atoms with van der Waals surface area (Å²) in [6.07, 6.45) is 0. The van der Waals surface area contributed by atoms with Gasteiger partial charge in [-0.15, -0.1) is 0 Å². The molecule has 1 aromatic heterocycles. The van der Waals surface area contributed by atoms with Gasteiger partial charge in [-0.05, 0) is 24.1 Å². The highest BCUT2D eigenvalue weighted by Gasteiger charge is 2.10. The first-order valence-electron chi connectivity index (χ1n) is 5.45. The Morgan fingerprint density at radius 1 is 1.47 bits per heavy atom. The zero-order valence-electron chi connectivity index (χ0n) is 9.73. The van der Waals surface area contributed by atoms with Crippen LogP contribution < -0.4 is 5.69 Å². The van der Waals surface area contributed by atoms with E-state index in [1.165, 1.54) is 12.1 Å². The van der Waals surface area contributed by atoms with Crippen LogP contribution in [0.4, 0.5) is 0 Å². The van der Waals surface area contributed by atoms with Gasteiger partial charge in [0.1, 0.15) is 0 Å². The Morgan fingerprint density at radius 2 is 2.18 bits per heavy atom. The summed E-state index contributed by atoms with van der Waals surface area (Å²) in [6.45, 7) is 4.67. The van der Waals surface area contributed by atoms with Gasteiger partial charge in [0.2, 0.25) is 0 Å². The average Bonchev–Trinajstić information content (AvgIpc) is 2.54. The van der Waals surface area contributed by atoms with Gasteiger partial charge in [0.15, 0.2) is 0 Å². The number of H-pyrrole nitrogens is 1. The highest BCUT2D eigenvalue weighted by atomic mass is 16.4. The van der Waals surface area contributed by atoms with E-state index in [0.717, 1.165) is 5.52 Å². The van der Waals surface area contributed by atoms with E-state index >= 15 is 0 Å². The second-order valence-corrected chi connectivity index (χ2v) is 4.47. The lowest BCUT2D eigenvalue weighted by atomic mass is 10.2. The Balaban J connectivity index is 2.60. The number of aromatic nitrogens is 2. The Hall–Kier alpha value is -2.04. The van der Waals surface area contributed by atoms with Gasteiger partial charge in [-0.2, -0.15) is 0 Å². The number of carboxylic acids is 1. The van der Waals surface area contributed by atoms with Crippen molar-refractivity contribution in [3.05, 3.63) is 34.2 Å². The Morgan fingerprint density at radius 3 is 2.76 bits per heavy atom. The highest BCUT2D eigenvalue weighted by molar-refractivity contribution is 5.92. The molecule has 0 radical (unpaired) electrons. The second-order valence-electron chi connectivity index (χ2n) is 4.47. The number of fused-ring (bicyclic) bond motifs is 1. The molecule has 0 aliphatic heterocycles. The molecule has 5 heteroatoms. The first-order chi connectivity index (χ1) is 7.99. The van der Waals surface area contributed by atoms with Gasteiger partial charge in [-0.25, -0.2) is 9.59 Å². The number of carboxylic acid groups (broad SMARTS) is 1.